The van der Waals surface area contributed by atoms with E-state index in [-0.39, 0.29) is 0 Å². The molecule has 0 aliphatic heterocycles. The molecule has 0 fully saturated rings. The molecule has 0 spiro atoms. The quantitative estimate of drug-likeness (QED) is 0.776. The summed E-state index contributed by atoms with van der Waals surface area (Å²) in [5.41, 5.74) is 2.13. The van der Waals surface area contributed by atoms with Gasteiger partial charge < -0.3 is 4.74 Å². The highest BCUT2D eigenvalue weighted by atomic mass is 79.9. The third-order valence-electron chi connectivity index (χ3n) is 2.30. The lowest BCUT2D eigenvalue weighted by Gasteiger charge is -2.04. The zero-order valence-corrected chi connectivity index (χ0v) is 12.4. The molecule has 1 heterocycles. The molecular weight excluding hydrogens is 322 g/mol. The Labute approximate surface area is 118 Å². The normalized spacial score (nSPS) is 10.5. The molecule has 0 radical (unpaired) electrons. The molecule has 1 aromatic heterocycles. The molecule has 0 aliphatic rings. The number of thiazole rings is 1. The van der Waals surface area contributed by atoms with Crippen LogP contribution in [0.3, 0.4) is 0 Å². The van der Waals surface area contributed by atoms with Crippen LogP contribution in [-0.2, 0) is 6.42 Å². The molecule has 0 unspecified atom stereocenters. The Kier molecular flexibility index (Phi) is 4.42. The van der Waals surface area contributed by atoms with Crippen LogP contribution in [0.2, 0.25) is 0 Å². The Morgan fingerprint density at radius 1 is 1.47 bits per heavy atom. The van der Waals surface area contributed by atoms with Gasteiger partial charge in [0.15, 0.2) is 0 Å². The van der Waals surface area contributed by atoms with Crippen LogP contribution in [-0.4, -0.2) is 18.0 Å². The lowest BCUT2D eigenvalue weighted by Crippen LogP contribution is -1.87. The summed E-state index contributed by atoms with van der Waals surface area (Å²) in [4.78, 5) is 4.54. The van der Waals surface area contributed by atoms with Gasteiger partial charge in [-0.3, -0.25) is 0 Å². The van der Waals surface area contributed by atoms with Crippen molar-refractivity contribution in [3.05, 3.63) is 33.7 Å². The van der Waals surface area contributed by atoms with E-state index < -0.39 is 0 Å². The van der Waals surface area contributed by atoms with Gasteiger partial charge in [-0.15, -0.1) is 22.9 Å². The summed E-state index contributed by atoms with van der Waals surface area (Å²) in [7, 11) is 1.65. The van der Waals surface area contributed by atoms with E-state index in [1.54, 1.807) is 18.4 Å². The maximum atomic E-state index is 5.70. The van der Waals surface area contributed by atoms with E-state index in [2.05, 4.69) is 26.3 Å². The number of ether oxygens (including phenoxy) is 1. The Bertz CT molecular complexity index is 515. The molecule has 0 atom stereocenters. The Morgan fingerprint density at radius 2 is 2.29 bits per heavy atom. The molecule has 0 N–H and O–H groups in total. The van der Waals surface area contributed by atoms with Crippen molar-refractivity contribution in [2.45, 2.75) is 6.42 Å². The number of hydrogen-bond acceptors (Lipinski definition) is 3. The average Bonchev–Trinajstić information content (AvgIpc) is 2.78. The molecule has 2 nitrogen and oxygen atoms in total. The first kappa shape index (κ1) is 12.9. The summed E-state index contributed by atoms with van der Waals surface area (Å²) < 4.78 is 6.13. The van der Waals surface area contributed by atoms with Gasteiger partial charge in [-0.25, -0.2) is 4.98 Å². The highest BCUT2D eigenvalue weighted by molar-refractivity contribution is 9.10. The Balaban J connectivity index is 2.29. The van der Waals surface area contributed by atoms with Gasteiger partial charge in [0.1, 0.15) is 10.8 Å². The molecule has 0 saturated carbocycles. The first-order valence-electron chi connectivity index (χ1n) is 5.09. The van der Waals surface area contributed by atoms with Gasteiger partial charge in [0.05, 0.1) is 17.3 Å². The lowest BCUT2D eigenvalue weighted by molar-refractivity contribution is 0.412. The zero-order chi connectivity index (χ0) is 12.3. The molecule has 0 amide bonds. The molecule has 17 heavy (non-hydrogen) atoms. The number of aryl methyl sites for hydroxylation is 1. The largest absolute Gasteiger partial charge is 0.496 e. The number of hydrogen-bond donors (Lipinski definition) is 0. The van der Waals surface area contributed by atoms with Crippen molar-refractivity contribution in [2.24, 2.45) is 0 Å². The molecular formula is C12H11BrClNOS. The first-order valence-corrected chi connectivity index (χ1v) is 7.29. The number of aromatic nitrogens is 1. The minimum Gasteiger partial charge on any atom is -0.496 e. The van der Waals surface area contributed by atoms with E-state index in [1.165, 1.54) is 0 Å². The summed E-state index contributed by atoms with van der Waals surface area (Å²) >= 11 is 10.8. The summed E-state index contributed by atoms with van der Waals surface area (Å²) in [6, 6.07) is 5.96. The van der Waals surface area contributed by atoms with Crippen LogP contribution in [0, 0.1) is 0 Å². The second-order valence-corrected chi connectivity index (χ2v) is 5.52. The van der Waals surface area contributed by atoms with Crippen LogP contribution in [0.4, 0.5) is 0 Å². The number of halogens is 2. The molecule has 1 aromatic carbocycles. The van der Waals surface area contributed by atoms with Gasteiger partial charge in [-0.1, -0.05) is 0 Å². The number of nitrogens with zero attached hydrogens (tertiary/aromatic N) is 1. The number of benzene rings is 1. The van der Waals surface area contributed by atoms with Crippen LogP contribution in [0.1, 0.15) is 5.69 Å². The monoisotopic (exact) mass is 331 g/mol. The van der Waals surface area contributed by atoms with E-state index in [9.17, 15) is 0 Å². The highest BCUT2D eigenvalue weighted by Crippen LogP contribution is 2.31. The third kappa shape index (κ3) is 3.00. The molecule has 5 heteroatoms. The molecule has 90 valence electrons. The standard InChI is InChI=1S/C12H11BrClNOS/c1-16-11-3-2-8(6-10(11)13)12-15-9(4-5-14)7-17-12/h2-3,6-7H,4-5H2,1H3. The number of methoxy groups -OCH3 is 1. The van der Waals surface area contributed by atoms with Crippen molar-refractivity contribution in [1.29, 1.82) is 0 Å². The van der Waals surface area contributed by atoms with Crippen LogP contribution < -0.4 is 4.74 Å². The Morgan fingerprint density at radius 3 is 2.94 bits per heavy atom. The predicted octanol–water partition coefficient (Wildman–Crippen LogP) is 4.36. The van der Waals surface area contributed by atoms with E-state index in [0.29, 0.717) is 5.88 Å². The highest BCUT2D eigenvalue weighted by Gasteiger charge is 2.07. The van der Waals surface area contributed by atoms with Crippen molar-refractivity contribution in [2.75, 3.05) is 13.0 Å². The Hall–Kier alpha value is -0.580. The van der Waals surface area contributed by atoms with E-state index in [4.69, 9.17) is 16.3 Å². The average molecular weight is 333 g/mol. The maximum Gasteiger partial charge on any atom is 0.133 e. The summed E-state index contributed by atoms with van der Waals surface area (Å²) in [5, 5.41) is 3.06. The second kappa shape index (κ2) is 5.85. The lowest BCUT2D eigenvalue weighted by atomic mass is 10.2. The fraction of sp³-hybridized carbons (Fsp3) is 0.250. The van der Waals surface area contributed by atoms with Crippen LogP contribution >= 0.6 is 38.9 Å². The molecule has 0 bridgehead atoms. The van der Waals surface area contributed by atoms with Crippen molar-refractivity contribution < 1.29 is 4.74 Å². The zero-order valence-electron chi connectivity index (χ0n) is 9.24. The topological polar surface area (TPSA) is 22.1 Å². The van der Waals surface area contributed by atoms with E-state index in [0.717, 1.165) is 32.9 Å². The van der Waals surface area contributed by atoms with Gasteiger partial charge >= 0.3 is 0 Å². The molecule has 2 rings (SSSR count). The van der Waals surface area contributed by atoms with E-state index in [1.807, 2.05) is 18.2 Å². The van der Waals surface area contributed by atoms with Gasteiger partial charge in [0, 0.05) is 23.2 Å². The van der Waals surface area contributed by atoms with Crippen molar-refractivity contribution in [1.82, 2.24) is 4.98 Å². The maximum absolute atomic E-state index is 5.70. The third-order valence-corrected chi connectivity index (χ3v) is 4.05. The minimum atomic E-state index is 0.607. The van der Waals surface area contributed by atoms with Crippen LogP contribution in [0.25, 0.3) is 10.6 Å². The summed E-state index contributed by atoms with van der Waals surface area (Å²) in [6.07, 6.45) is 0.815. The SMILES string of the molecule is COc1ccc(-c2nc(CCCl)cs2)cc1Br. The van der Waals surface area contributed by atoms with Crippen molar-refractivity contribution in [3.63, 3.8) is 0 Å². The van der Waals surface area contributed by atoms with Gasteiger partial charge in [0.2, 0.25) is 0 Å². The summed E-state index contributed by atoms with van der Waals surface area (Å²) in [6.45, 7) is 0. The summed E-state index contributed by atoms with van der Waals surface area (Å²) in [5.74, 6) is 1.43. The van der Waals surface area contributed by atoms with E-state index >= 15 is 0 Å². The smallest absolute Gasteiger partial charge is 0.133 e. The molecule has 0 aliphatic carbocycles. The van der Waals surface area contributed by atoms with Gasteiger partial charge in [-0.05, 0) is 34.1 Å². The van der Waals surface area contributed by atoms with Crippen molar-refractivity contribution in [3.8, 4) is 16.3 Å². The van der Waals surface area contributed by atoms with Crippen molar-refractivity contribution >= 4 is 38.9 Å². The second-order valence-electron chi connectivity index (χ2n) is 3.43. The fourth-order valence-electron chi connectivity index (χ4n) is 1.45. The van der Waals surface area contributed by atoms with Gasteiger partial charge in [-0.2, -0.15) is 0 Å². The fourth-order valence-corrected chi connectivity index (χ4v) is 3.04. The van der Waals surface area contributed by atoms with Crippen LogP contribution in [0.15, 0.2) is 28.1 Å². The number of alkyl halides is 1. The minimum absolute atomic E-state index is 0.607. The molecule has 0 saturated heterocycles. The molecule has 2 aromatic rings. The first-order chi connectivity index (χ1) is 8.24. The van der Waals surface area contributed by atoms with Gasteiger partial charge in [0.25, 0.3) is 0 Å². The predicted molar refractivity (Wildman–Crippen MR) is 76.2 cm³/mol. The van der Waals surface area contributed by atoms with Crippen LogP contribution in [0.5, 0.6) is 5.75 Å². The number of rotatable bonds is 4.